The first kappa shape index (κ1) is 15.0. The molecular formula is C15H26N4O. The van der Waals surface area contributed by atoms with Gasteiger partial charge in [0.2, 0.25) is 5.91 Å². The van der Waals surface area contributed by atoms with Crippen LogP contribution in [0.2, 0.25) is 0 Å². The van der Waals surface area contributed by atoms with Crippen LogP contribution in [0.25, 0.3) is 0 Å². The third kappa shape index (κ3) is 3.58. The first-order chi connectivity index (χ1) is 9.47. The number of aryl methyl sites for hydroxylation is 1. The van der Waals surface area contributed by atoms with E-state index in [0.717, 1.165) is 43.7 Å². The van der Waals surface area contributed by atoms with Crippen LogP contribution in [0, 0.1) is 17.8 Å². The molecule has 1 aliphatic carbocycles. The molecule has 1 heterocycles. The summed E-state index contributed by atoms with van der Waals surface area (Å²) < 4.78 is 0. The van der Waals surface area contributed by atoms with Gasteiger partial charge in [-0.15, -0.1) is 0 Å². The van der Waals surface area contributed by atoms with E-state index in [0.29, 0.717) is 17.7 Å². The highest BCUT2D eigenvalue weighted by molar-refractivity contribution is 5.79. The summed E-state index contributed by atoms with van der Waals surface area (Å²) in [6.45, 7) is 10.3. The molecule has 5 heteroatoms. The summed E-state index contributed by atoms with van der Waals surface area (Å²) >= 11 is 0. The lowest BCUT2D eigenvalue weighted by atomic mass is 9.88. The second-order valence-electron chi connectivity index (χ2n) is 6.69. The molecule has 0 spiro atoms. The summed E-state index contributed by atoms with van der Waals surface area (Å²) in [4.78, 5) is 14.8. The number of nitrogens with one attached hydrogen (secondary N) is 1. The lowest BCUT2D eigenvalue weighted by Gasteiger charge is -2.31. The highest BCUT2D eigenvalue weighted by atomic mass is 16.2. The summed E-state index contributed by atoms with van der Waals surface area (Å²) in [5, 5.41) is 11.0. The maximum atomic E-state index is 12.8. The molecule has 112 valence electrons. The first-order valence-electron chi connectivity index (χ1n) is 7.64. The minimum absolute atomic E-state index is 0.0742. The van der Waals surface area contributed by atoms with Crippen molar-refractivity contribution in [2.24, 2.45) is 17.8 Å². The highest BCUT2D eigenvalue weighted by Crippen LogP contribution is 2.24. The zero-order valence-electron chi connectivity index (χ0n) is 13.0. The van der Waals surface area contributed by atoms with Crippen LogP contribution in [-0.4, -0.2) is 39.3 Å². The van der Waals surface area contributed by atoms with Crippen molar-refractivity contribution in [1.29, 1.82) is 0 Å². The lowest BCUT2D eigenvalue weighted by Crippen LogP contribution is -2.42. The average molecular weight is 278 g/mol. The molecule has 2 rings (SSSR count). The largest absolute Gasteiger partial charge is 0.342 e. The molecule has 0 aromatic carbocycles. The number of amides is 1. The van der Waals surface area contributed by atoms with Gasteiger partial charge in [0.1, 0.15) is 0 Å². The van der Waals surface area contributed by atoms with Gasteiger partial charge < -0.3 is 4.90 Å². The van der Waals surface area contributed by atoms with Crippen LogP contribution in [0.5, 0.6) is 0 Å². The fraction of sp³-hybridized carbons (Fsp3) is 0.800. The van der Waals surface area contributed by atoms with E-state index in [9.17, 15) is 4.79 Å². The van der Waals surface area contributed by atoms with E-state index >= 15 is 0 Å². The monoisotopic (exact) mass is 278 g/mol. The smallest absolute Gasteiger partial charge is 0.226 e. The Hall–Kier alpha value is -1.39. The number of aromatic nitrogens is 3. The van der Waals surface area contributed by atoms with Crippen molar-refractivity contribution < 1.29 is 4.79 Å². The molecule has 1 unspecified atom stereocenters. The van der Waals surface area contributed by atoms with Crippen LogP contribution in [0.15, 0.2) is 0 Å². The summed E-state index contributed by atoms with van der Waals surface area (Å²) in [6, 6.07) is 0. The van der Waals surface area contributed by atoms with Gasteiger partial charge in [-0.25, -0.2) is 0 Å². The van der Waals surface area contributed by atoms with Crippen molar-refractivity contribution in [3.05, 3.63) is 11.4 Å². The standard InChI is InChI=1S/C15H26N4O/c1-10(2)8-19(9-11(3)4)15(20)12-5-6-13-14(7-12)17-18-16-13/h10-12H,5-9H2,1-4H3,(H,16,17,18). The second-order valence-corrected chi connectivity index (χ2v) is 6.69. The fourth-order valence-corrected chi connectivity index (χ4v) is 2.89. The number of H-pyrrole nitrogens is 1. The Labute approximate surface area is 121 Å². The van der Waals surface area contributed by atoms with Gasteiger partial charge in [-0.05, 0) is 24.7 Å². The number of hydrogen-bond acceptors (Lipinski definition) is 3. The quantitative estimate of drug-likeness (QED) is 0.896. The maximum absolute atomic E-state index is 12.8. The van der Waals surface area contributed by atoms with E-state index in [1.807, 2.05) is 4.90 Å². The Morgan fingerprint density at radius 3 is 2.40 bits per heavy atom. The average Bonchev–Trinajstić information content (AvgIpc) is 2.83. The van der Waals surface area contributed by atoms with Gasteiger partial charge in [-0.3, -0.25) is 4.79 Å². The van der Waals surface area contributed by atoms with E-state index in [1.165, 1.54) is 0 Å². The number of nitrogens with zero attached hydrogens (tertiary/aromatic N) is 3. The zero-order valence-corrected chi connectivity index (χ0v) is 13.0. The van der Waals surface area contributed by atoms with E-state index < -0.39 is 0 Å². The predicted molar refractivity (Wildman–Crippen MR) is 78.2 cm³/mol. The number of aromatic amines is 1. The van der Waals surface area contributed by atoms with Crippen LogP contribution in [-0.2, 0) is 17.6 Å². The van der Waals surface area contributed by atoms with E-state index in [1.54, 1.807) is 0 Å². The first-order valence-corrected chi connectivity index (χ1v) is 7.64. The predicted octanol–water partition coefficient (Wildman–Crippen LogP) is 2.05. The molecule has 0 radical (unpaired) electrons. The van der Waals surface area contributed by atoms with Gasteiger partial charge >= 0.3 is 0 Å². The van der Waals surface area contributed by atoms with Crippen LogP contribution in [0.1, 0.15) is 45.5 Å². The van der Waals surface area contributed by atoms with Crippen molar-refractivity contribution in [2.75, 3.05) is 13.1 Å². The molecule has 20 heavy (non-hydrogen) atoms. The molecule has 0 fully saturated rings. The van der Waals surface area contributed by atoms with Crippen molar-refractivity contribution in [2.45, 2.75) is 47.0 Å². The minimum atomic E-state index is 0.0742. The van der Waals surface area contributed by atoms with Crippen LogP contribution < -0.4 is 0 Å². The molecule has 1 aliphatic rings. The van der Waals surface area contributed by atoms with E-state index in [2.05, 4.69) is 43.1 Å². The minimum Gasteiger partial charge on any atom is -0.342 e. The second kappa shape index (κ2) is 6.37. The Morgan fingerprint density at radius 1 is 1.20 bits per heavy atom. The summed E-state index contributed by atoms with van der Waals surface area (Å²) in [5.41, 5.74) is 2.01. The molecule has 5 nitrogen and oxygen atoms in total. The van der Waals surface area contributed by atoms with Crippen LogP contribution in [0.4, 0.5) is 0 Å². The topological polar surface area (TPSA) is 61.9 Å². The molecule has 0 saturated carbocycles. The van der Waals surface area contributed by atoms with Gasteiger partial charge in [0, 0.05) is 25.4 Å². The SMILES string of the molecule is CC(C)CN(CC(C)C)C(=O)C1CCc2n[nH]nc2C1. The molecule has 0 aliphatic heterocycles. The van der Waals surface area contributed by atoms with Crippen LogP contribution >= 0.6 is 0 Å². The normalized spacial score (nSPS) is 18.4. The summed E-state index contributed by atoms with van der Waals surface area (Å²) in [6.07, 6.45) is 2.49. The molecule has 0 saturated heterocycles. The Balaban J connectivity index is 2.04. The maximum Gasteiger partial charge on any atom is 0.226 e. The van der Waals surface area contributed by atoms with Gasteiger partial charge in [-0.2, -0.15) is 15.4 Å². The number of carbonyl (C=O) groups excluding carboxylic acids is 1. The highest BCUT2D eigenvalue weighted by Gasteiger charge is 2.30. The molecule has 1 amide bonds. The number of rotatable bonds is 5. The van der Waals surface area contributed by atoms with E-state index in [-0.39, 0.29) is 5.92 Å². The van der Waals surface area contributed by atoms with Gasteiger partial charge in [-0.1, -0.05) is 27.7 Å². The molecule has 1 aromatic heterocycles. The molecule has 1 aromatic rings. The van der Waals surface area contributed by atoms with Crippen molar-refractivity contribution in [1.82, 2.24) is 20.3 Å². The van der Waals surface area contributed by atoms with Crippen molar-refractivity contribution in [3.63, 3.8) is 0 Å². The Morgan fingerprint density at radius 2 is 1.80 bits per heavy atom. The molecule has 1 atom stereocenters. The zero-order chi connectivity index (χ0) is 14.7. The van der Waals surface area contributed by atoms with Gasteiger partial charge in [0.05, 0.1) is 11.4 Å². The molecular weight excluding hydrogens is 252 g/mol. The fourth-order valence-electron chi connectivity index (χ4n) is 2.89. The van der Waals surface area contributed by atoms with Crippen LogP contribution in [0.3, 0.4) is 0 Å². The van der Waals surface area contributed by atoms with Crippen molar-refractivity contribution in [3.8, 4) is 0 Å². The Bertz CT molecular complexity index is 442. The number of hydrogen-bond donors (Lipinski definition) is 1. The molecule has 0 bridgehead atoms. The summed E-state index contributed by atoms with van der Waals surface area (Å²) in [5.74, 6) is 1.37. The third-order valence-corrected chi connectivity index (χ3v) is 3.70. The number of fused-ring (bicyclic) bond motifs is 1. The van der Waals surface area contributed by atoms with Gasteiger partial charge in [0.25, 0.3) is 0 Å². The summed E-state index contributed by atoms with van der Waals surface area (Å²) in [7, 11) is 0. The number of carbonyl (C=O) groups is 1. The lowest BCUT2D eigenvalue weighted by molar-refractivity contribution is -0.137. The van der Waals surface area contributed by atoms with Crippen molar-refractivity contribution >= 4 is 5.91 Å². The Kier molecular flexibility index (Phi) is 4.78. The van der Waals surface area contributed by atoms with E-state index in [4.69, 9.17) is 0 Å². The van der Waals surface area contributed by atoms with Gasteiger partial charge in [0.15, 0.2) is 0 Å². The third-order valence-electron chi connectivity index (χ3n) is 3.70. The molecule has 1 N–H and O–H groups in total.